The maximum Gasteiger partial charge on any atom is 0.228 e. The van der Waals surface area contributed by atoms with Crippen molar-refractivity contribution in [3.05, 3.63) is 33.8 Å². The molecular formula is C10H8BrNO. The minimum Gasteiger partial charge on any atom is -0.349 e. The fourth-order valence-corrected chi connectivity index (χ4v) is 3.01. The Morgan fingerprint density at radius 2 is 2.31 bits per heavy atom. The Kier molecular flexibility index (Phi) is 1.37. The van der Waals surface area contributed by atoms with Gasteiger partial charge in [0.1, 0.15) is 0 Å². The van der Waals surface area contributed by atoms with E-state index in [0.717, 1.165) is 10.9 Å². The third kappa shape index (κ3) is 0.854. The molecule has 0 spiro atoms. The molecule has 1 aromatic carbocycles. The lowest BCUT2D eigenvalue weighted by atomic mass is 10.00. The summed E-state index contributed by atoms with van der Waals surface area (Å²) in [6.07, 6.45) is 0.941. The summed E-state index contributed by atoms with van der Waals surface area (Å²) < 4.78 is 1.08. The summed E-state index contributed by atoms with van der Waals surface area (Å²) in [5.41, 5.74) is 2.50. The molecule has 1 aliphatic carbocycles. The zero-order valence-corrected chi connectivity index (χ0v) is 8.47. The van der Waals surface area contributed by atoms with Crippen molar-refractivity contribution >= 4 is 21.8 Å². The molecule has 3 heteroatoms. The molecule has 1 heterocycles. The molecule has 13 heavy (non-hydrogen) atoms. The lowest BCUT2D eigenvalue weighted by molar-refractivity contribution is -0.120. The first kappa shape index (κ1) is 7.56. The standard InChI is InChI=1S/C10H8BrNO/c11-7-3-1-2-5-8-4-6(9(5)7)10(13)12-8/h1-3,6,8H,4H2,(H,12,13). The third-order valence-corrected chi connectivity index (χ3v) is 3.61. The van der Waals surface area contributed by atoms with Crippen LogP contribution < -0.4 is 5.32 Å². The first-order chi connectivity index (χ1) is 6.27. The molecule has 1 fully saturated rings. The van der Waals surface area contributed by atoms with Gasteiger partial charge in [-0.25, -0.2) is 0 Å². The number of benzene rings is 1. The molecule has 1 aliphatic heterocycles. The zero-order valence-electron chi connectivity index (χ0n) is 6.88. The molecule has 1 N–H and O–H groups in total. The molecule has 0 aromatic heterocycles. The highest BCUT2D eigenvalue weighted by Crippen LogP contribution is 2.48. The molecule has 2 aliphatic rings. The molecule has 1 saturated heterocycles. The van der Waals surface area contributed by atoms with Crippen molar-refractivity contribution < 1.29 is 4.79 Å². The van der Waals surface area contributed by atoms with Gasteiger partial charge in [0.15, 0.2) is 0 Å². The van der Waals surface area contributed by atoms with Crippen LogP contribution in [0.2, 0.25) is 0 Å². The molecule has 2 nitrogen and oxygen atoms in total. The van der Waals surface area contributed by atoms with Crippen LogP contribution in [0.15, 0.2) is 22.7 Å². The first-order valence-electron chi connectivity index (χ1n) is 4.36. The lowest BCUT2D eigenvalue weighted by Gasteiger charge is -2.16. The third-order valence-electron chi connectivity index (χ3n) is 2.91. The van der Waals surface area contributed by atoms with Crippen LogP contribution in [0.25, 0.3) is 0 Å². The summed E-state index contributed by atoms with van der Waals surface area (Å²) in [6.45, 7) is 0. The predicted octanol–water partition coefficient (Wildman–Crippen LogP) is 2.11. The first-order valence-corrected chi connectivity index (χ1v) is 5.15. The van der Waals surface area contributed by atoms with Gasteiger partial charge in [0.2, 0.25) is 5.91 Å². The monoisotopic (exact) mass is 237 g/mol. The predicted molar refractivity (Wildman–Crippen MR) is 52.4 cm³/mol. The fourth-order valence-electron chi connectivity index (χ4n) is 2.35. The Morgan fingerprint density at radius 1 is 1.46 bits per heavy atom. The van der Waals surface area contributed by atoms with Crippen molar-refractivity contribution in [1.29, 1.82) is 0 Å². The van der Waals surface area contributed by atoms with Crippen LogP contribution in [-0.4, -0.2) is 5.91 Å². The average Bonchev–Trinajstić information content (AvgIpc) is 2.62. The Bertz CT molecular complexity index is 402. The minimum absolute atomic E-state index is 0.0931. The zero-order chi connectivity index (χ0) is 9.00. The number of carbonyl (C=O) groups excluding carboxylic acids is 1. The van der Waals surface area contributed by atoms with Crippen molar-refractivity contribution in [2.75, 3.05) is 0 Å². The maximum absolute atomic E-state index is 11.4. The highest BCUT2D eigenvalue weighted by atomic mass is 79.9. The van der Waals surface area contributed by atoms with Crippen molar-refractivity contribution in [3.63, 3.8) is 0 Å². The summed E-state index contributed by atoms with van der Waals surface area (Å²) >= 11 is 3.50. The van der Waals surface area contributed by atoms with Crippen molar-refractivity contribution in [2.24, 2.45) is 0 Å². The van der Waals surface area contributed by atoms with Gasteiger partial charge in [0.05, 0.1) is 12.0 Å². The summed E-state index contributed by atoms with van der Waals surface area (Å²) in [4.78, 5) is 11.4. The molecule has 2 bridgehead atoms. The summed E-state index contributed by atoms with van der Waals surface area (Å²) in [5.74, 6) is 0.278. The van der Waals surface area contributed by atoms with Gasteiger partial charge in [-0.05, 0) is 23.6 Å². The lowest BCUT2D eigenvalue weighted by Crippen LogP contribution is -2.26. The van der Waals surface area contributed by atoms with E-state index in [-0.39, 0.29) is 17.9 Å². The van der Waals surface area contributed by atoms with E-state index < -0.39 is 0 Å². The van der Waals surface area contributed by atoms with E-state index >= 15 is 0 Å². The van der Waals surface area contributed by atoms with Gasteiger partial charge < -0.3 is 5.32 Å². The van der Waals surface area contributed by atoms with E-state index in [9.17, 15) is 4.79 Å². The molecule has 1 amide bonds. The van der Waals surface area contributed by atoms with Crippen LogP contribution in [0.5, 0.6) is 0 Å². The van der Waals surface area contributed by atoms with Crippen LogP contribution in [0.3, 0.4) is 0 Å². The minimum atomic E-state index is 0.0931. The van der Waals surface area contributed by atoms with E-state index in [1.165, 1.54) is 11.1 Å². The number of hydrogen-bond donors (Lipinski definition) is 1. The molecule has 0 radical (unpaired) electrons. The van der Waals surface area contributed by atoms with Gasteiger partial charge >= 0.3 is 0 Å². The molecule has 2 atom stereocenters. The van der Waals surface area contributed by atoms with Crippen LogP contribution in [0.4, 0.5) is 0 Å². The van der Waals surface area contributed by atoms with Gasteiger partial charge in [-0.15, -0.1) is 0 Å². The Labute approximate surface area is 84.5 Å². The second-order valence-corrected chi connectivity index (χ2v) is 4.45. The molecule has 1 aromatic rings. The SMILES string of the molecule is O=C1NC2CC1c1c(Br)cccc12. The van der Waals surface area contributed by atoms with E-state index in [0.29, 0.717) is 0 Å². The van der Waals surface area contributed by atoms with Crippen LogP contribution >= 0.6 is 15.9 Å². The van der Waals surface area contributed by atoms with E-state index in [1.54, 1.807) is 0 Å². The van der Waals surface area contributed by atoms with Gasteiger partial charge in [0, 0.05) is 4.47 Å². The Hall–Kier alpha value is -0.830. The number of carbonyl (C=O) groups is 1. The number of hydrogen-bond acceptors (Lipinski definition) is 1. The quantitative estimate of drug-likeness (QED) is 0.736. The largest absolute Gasteiger partial charge is 0.349 e. The van der Waals surface area contributed by atoms with Gasteiger partial charge in [-0.3, -0.25) is 4.79 Å². The number of halogens is 1. The molecule has 3 rings (SSSR count). The fraction of sp³-hybridized carbons (Fsp3) is 0.300. The maximum atomic E-state index is 11.4. The normalized spacial score (nSPS) is 28.8. The average molecular weight is 238 g/mol. The smallest absolute Gasteiger partial charge is 0.228 e. The number of amides is 1. The van der Waals surface area contributed by atoms with Gasteiger partial charge in [-0.1, -0.05) is 28.1 Å². The second kappa shape index (κ2) is 2.35. The van der Waals surface area contributed by atoms with Gasteiger partial charge in [0.25, 0.3) is 0 Å². The van der Waals surface area contributed by atoms with Crippen LogP contribution in [-0.2, 0) is 4.79 Å². The molecular weight excluding hydrogens is 230 g/mol. The van der Waals surface area contributed by atoms with Crippen molar-refractivity contribution in [2.45, 2.75) is 18.4 Å². The molecule has 2 unspecified atom stereocenters. The highest BCUT2D eigenvalue weighted by molar-refractivity contribution is 9.10. The summed E-state index contributed by atoms with van der Waals surface area (Å²) in [5, 5.41) is 2.98. The summed E-state index contributed by atoms with van der Waals surface area (Å²) in [7, 11) is 0. The molecule has 66 valence electrons. The van der Waals surface area contributed by atoms with E-state index in [2.05, 4.69) is 27.3 Å². The van der Waals surface area contributed by atoms with Crippen molar-refractivity contribution in [1.82, 2.24) is 5.32 Å². The topological polar surface area (TPSA) is 29.1 Å². The Balaban J connectivity index is 2.27. The molecule has 0 saturated carbocycles. The van der Waals surface area contributed by atoms with Gasteiger partial charge in [-0.2, -0.15) is 0 Å². The van der Waals surface area contributed by atoms with Crippen LogP contribution in [0.1, 0.15) is 29.5 Å². The van der Waals surface area contributed by atoms with E-state index in [4.69, 9.17) is 0 Å². The number of nitrogens with one attached hydrogen (secondary N) is 1. The van der Waals surface area contributed by atoms with Crippen LogP contribution in [0, 0.1) is 0 Å². The van der Waals surface area contributed by atoms with Crippen molar-refractivity contribution in [3.8, 4) is 0 Å². The summed E-state index contributed by atoms with van der Waals surface area (Å²) in [6, 6.07) is 6.40. The number of fused-ring (bicyclic) bond motifs is 5. The number of rotatable bonds is 0. The Morgan fingerprint density at radius 3 is 3.15 bits per heavy atom. The highest BCUT2D eigenvalue weighted by Gasteiger charge is 2.43. The second-order valence-electron chi connectivity index (χ2n) is 3.59. The van der Waals surface area contributed by atoms with E-state index in [1.807, 2.05) is 12.1 Å².